The van der Waals surface area contributed by atoms with E-state index in [0.29, 0.717) is 47.2 Å². The van der Waals surface area contributed by atoms with Crippen molar-refractivity contribution in [1.82, 2.24) is 19.8 Å². The number of aryl methyl sites for hydroxylation is 1. The lowest BCUT2D eigenvalue weighted by Crippen LogP contribution is -2.42. The van der Waals surface area contributed by atoms with Gasteiger partial charge in [-0.25, -0.2) is 4.79 Å². The number of pyridine rings is 1. The van der Waals surface area contributed by atoms with Gasteiger partial charge in [0.2, 0.25) is 5.56 Å². The first-order valence-corrected chi connectivity index (χ1v) is 19.2. The molecule has 3 heterocycles. The van der Waals surface area contributed by atoms with Crippen molar-refractivity contribution in [1.29, 1.82) is 0 Å². The van der Waals surface area contributed by atoms with Gasteiger partial charge in [0.15, 0.2) is 5.58 Å². The molecule has 1 atom stereocenters. The van der Waals surface area contributed by atoms with Crippen molar-refractivity contribution in [2.45, 2.75) is 75.8 Å². The third kappa shape index (κ3) is 7.11. The molecular formula is C44H46N4O8. The SMILES string of the molecule is CN(CCCn1c(=O)oc2cc(CNC[C@@H](O)c3ccc(O)c4[nH]c(=O)ccc34)ccc21)C1CCC(OC(=O)C2(C)c3ccccc3Oc3ccccc32)CC1. The number of nitrogens with zero attached hydrogens (tertiary/aromatic N) is 2. The van der Waals surface area contributed by atoms with Gasteiger partial charge in [0.1, 0.15) is 28.8 Å². The molecule has 2 aromatic heterocycles. The topological polar surface area (TPSA) is 159 Å². The zero-order valence-corrected chi connectivity index (χ0v) is 31.5. The second kappa shape index (κ2) is 15.4. The average Bonchev–Trinajstić information content (AvgIpc) is 3.52. The summed E-state index contributed by atoms with van der Waals surface area (Å²) in [7, 11) is 2.12. The first-order chi connectivity index (χ1) is 27.1. The van der Waals surface area contributed by atoms with Crippen LogP contribution in [0.15, 0.2) is 105 Å². The van der Waals surface area contributed by atoms with Crippen LogP contribution in [0.5, 0.6) is 17.2 Å². The fraction of sp³-hybridized carbons (Fsp3) is 0.341. The lowest BCUT2D eigenvalue weighted by Gasteiger charge is -2.38. The molecule has 12 heteroatoms. The molecule has 56 heavy (non-hydrogen) atoms. The van der Waals surface area contributed by atoms with Gasteiger partial charge in [-0.3, -0.25) is 14.2 Å². The average molecular weight is 759 g/mol. The Bertz CT molecular complexity index is 2470. The van der Waals surface area contributed by atoms with Gasteiger partial charge >= 0.3 is 11.7 Å². The fourth-order valence-electron chi connectivity index (χ4n) is 8.40. The highest BCUT2D eigenvalue weighted by Crippen LogP contribution is 2.49. The zero-order valence-electron chi connectivity index (χ0n) is 31.5. The van der Waals surface area contributed by atoms with Gasteiger partial charge in [-0.15, -0.1) is 0 Å². The second-order valence-electron chi connectivity index (χ2n) is 15.1. The first-order valence-electron chi connectivity index (χ1n) is 19.2. The summed E-state index contributed by atoms with van der Waals surface area (Å²) in [6.45, 7) is 3.90. The molecular weight excluding hydrogens is 713 g/mol. The van der Waals surface area contributed by atoms with Gasteiger partial charge in [-0.05, 0) is 100 Å². The number of fused-ring (bicyclic) bond motifs is 4. The van der Waals surface area contributed by atoms with E-state index in [1.807, 2.05) is 73.7 Å². The number of rotatable bonds is 12. The summed E-state index contributed by atoms with van der Waals surface area (Å²) in [6, 6.07) is 27.4. The van der Waals surface area contributed by atoms with Gasteiger partial charge < -0.3 is 39.3 Å². The van der Waals surface area contributed by atoms with Crippen LogP contribution in [-0.4, -0.2) is 62.9 Å². The molecule has 1 saturated carbocycles. The van der Waals surface area contributed by atoms with E-state index in [2.05, 4.69) is 22.2 Å². The Hall–Kier alpha value is -5.69. The van der Waals surface area contributed by atoms with Crippen LogP contribution in [0.2, 0.25) is 0 Å². The highest BCUT2D eigenvalue weighted by atomic mass is 16.5. The predicted octanol–water partition coefficient (Wildman–Crippen LogP) is 6.25. The van der Waals surface area contributed by atoms with Crippen LogP contribution in [0.25, 0.3) is 22.0 Å². The summed E-state index contributed by atoms with van der Waals surface area (Å²) in [5.41, 5.74) is 3.32. The summed E-state index contributed by atoms with van der Waals surface area (Å²) in [5.74, 6) is 0.643. The number of phenolic OH excluding ortho intramolecular Hbond substituents is 1. The van der Waals surface area contributed by atoms with Gasteiger partial charge in [0.05, 0.1) is 17.1 Å². The summed E-state index contributed by atoms with van der Waals surface area (Å²) >= 11 is 0. The van der Waals surface area contributed by atoms with Gasteiger partial charge in [-0.1, -0.05) is 48.5 Å². The van der Waals surface area contributed by atoms with Gasteiger partial charge in [0, 0.05) is 48.3 Å². The van der Waals surface area contributed by atoms with E-state index in [1.54, 1.807) is 16.7 Å². The third-order valence-corrected chi connectivity index (χ3v) is 11.6. The Morgan fingerprint density at radius 1 is 0.982 bits per heavy atom. The lowest BCUT2D eigenvalue weighted by molar-refractivity contribution is -0.156. The van der Waals surface area contributed by atoms with Crippen molar-refractivity contribution in [2.24, 2.45) is 0 Å². The molecule has 0 saturated heterocycles. The number of phenols is 1. The number of esters is 1. The summed E-state index contributed by atoms with van der Waals surface area (Å²) < 4.78 is 19.7. The van der Waals surface area contributed by atoms with E-state index in [1.165, 1.54) is 12.1 Å². The molecule has 0 spiro atoms. The Morgan fingerprint density at radius 2 is 1.70 bits per heavy atom. The van der Waals surface area contributed by atoms with E-state index >= 15 is 0 Å². The van der Waals surface area contributed by atoms with Crippen LogP contribution in [0.3, 0.4) is 0 Å². The number of aromatic amines is 1. The number of H-pyrrole nitrogens is 1. The number of aromatic nitrogens is 2. The maximum Gasteiger partial charge on any atom is 0.419 e. The van der Waals surface area contributed by atoms with Crippen molar-refractivity contribution in [3.05, 3.63) is 134 Å². The molecule has 2 aliphatic rings. The van der Waals surface area contributed by atoms with Crippen molar-refractivity contribution in [3.8, 4) is 17.2 Å². The van der Waals surface area contributed by atoms with E-state index < -0.39 is 17.3 Å². The maximum absolute atomic E-state index is 13.9. The number of hydrogen-bond acceptors (Lipinski definition) is 10. The quantitative estimate of drug-likeness (QED) is 0.105. The lowest BCUT2D eigenvalue weighted by atomic mass is 9.74. The van der Waals surface area contributed by atoms with Crippen molar-refractivity contribution in [2.75, 3.05) is 20.1 Å². The Kier molecular flexibility index (Phi) is 10.3. The van der Waals surface area contributed by atoms with Gasteiger partial charge in [0.25, 0.3) is 0 Å². The van der Waals surface area contributed by atoms with Crippen LogP contribution < -0.4 is 21.4 Å². The molecule has 6 aromatic rings. The number of para-hydroxylation sites is 2. The normalized spacial score (nSPS) is 18.0. The van der Waals surface area contributed by atoms with Crippen LogP contribution in [0.4, 0.5) is 0 Å². The largest absolute Gasteiger partial charge is 0.506 e. The summed E-state index contributed by atoms with van der Waals surface area (Å²) in [4.78, 5) is 43.5. The molecule has 1 aliphatic heterocycles. The van der Waals surface area contributed by atoms with Gasteiger partial charge in [-0.2, -0.15) is 0 Å². The van der Waals surface area contributed by atoms with E-state index in [4.69, 9.17) is 13.9 Å². The number of carbonyl (C=O) groups excluding carboxylic acids is 1. The Balaban J connectivity index is 0.818. The number of carbonyl (C=O) groups is 1. The monoisotopic (exact) mass is 758 g/mol. The van der Waals surface area contributed by atoms with Crippen molar-refractivity contribution >= 4 is 28.0 Å². The predicted molar refractivity (Wildman–Crippen MR) is 212 cm³/mol. The highest BCUT2D eigenvalue weighted by molar-refractivity contribution is 5.90. The number of benzene rings is 4. The number of hydrogen-bond donors (Lipinski definition) is 4. The molecule has 4 N–H and O–H groups in total. The number of nitrogens with one attached hydrogen (secondary N) is 2. The molecule has 0 radical (unpaired) electrons. The minimum absolute atomic E-state index is 0.0607. The number of aliphatic hydroxyl groups excluding tert-OH is 1. The first kappa shape index (κ1) is 37.2. The molecule has 1 fully saturated rings. The van der Waals surface area contributed by atoms with Crippen molar-refractivity contribution in [3.63, 3.8) is 0 Å². The third-order valence-electron chi connectivity index (χ3n) is 11.6. The molecule has 0 unspecified atom stereocenters. The molecule has 0 bridgehead atoms. The minimum Gasteiger partial charge on any atom is -0.506 e. The summed E-state index contributed by atoms with van der Waals surface area (Å²) in [5, 5.41) is 24.9. The Labute approximate surface area is 323 Å². The Morgan fingerprint density at radius 3 is 2.43 bits per heavy atom. The van der Waals surface area contributed by atoms with E-state index in [-0.39, 0.29) is 35.4 Å². The van der Waals surface area contributed by atoms with Crippen molar-refractivity contribution < 1.29 is 28.9 Å². The van der Waals surface area contributed by atoms with Crippen LogP contribution in [0.1, 0.15) is 67.4 Å². The number of aliphatic hydroxyl groups is 1. The smallest absolute Gasteiger partial charge is 0.419 e. The minimum atomic E-state index is -0.965. The molecule has 0 amide bonds. The van der Waals surface area contributed by atoms with E-state index in [9.17, 15) is 24.6 Å². The number of ether oxygens (including phenoxy) is 2. The molecule has 4 aromatic carbocycles. The summed E-state index contributed by atoms with van der Waals surface area (Å²) in [6.07, 6.45) is 3.12. The molecule has 1 aliphatic carbocycles. The number of oxazole rings is 1. The number of aromatic hydroxyl groups is 1. The highest BCUT2D eigenvalue weighted by Gasteiger charge is 2.46. The molecule has 12 nitrogen and oxygen atoms in total. The molecule has 290 valence electrons. The fourth-order valence-corrected chi connectivity index (χ4v) is 8.40. The van der Waals surface area contributed by atoms with Crippen LogP contribution >= 0.6 is 0 Å². The molecule has 8 rings (SSSR count). The maximum atomic E-state index is 13.9. The van der Waals surface area contributed by atoms with Crippen LogP contribution in [-0.2, 0) is 28.0 Å². The van der Waals surface area contributed by atoms with E-state index in [0.717, 1.165) is 60.9 Å². The van der Waals surface area contributed by atoms with Crippen LogP contribution in [0, 0.1) is 0 Å². The zero-order chi connectivity index (χ0) is 39.0. The second-order valence-corrected chi connectivity index (χ2v) is 15.1. The standard InChI is InChI=1S/C44H46N4O8/c1-44(32-8-3-5-10-37(32)55-38-11-6-4-9-33(38)44)42(52)54-29-15-13-28(14-16-29)47(2)22-7-23-48-34-19-12-27(24-39(34)56-43(48)53)25-45-26-36(50)30-17-20-35(49)41-31(30)18-21-40(51)46-41/h3-6,8-12,17-21,24,28-29,36,45,49-50H,7,13-16,22-23,25-26H2,1-2H3,(H,46,51)/t28?,29?,36-/m1/s1.